The number of halogens is 2. The molecule has 0 aliphatic carbocycles. The van der Waals surface area contributed by atoms with E-state index in [1.54, 1.807) is 6.07 Å². The molecule has 0 aliphatic rings. The largest absolute Gasteiger partial charge is 0.495 e. The van der Waals surface area contributed by atoms with Crippen LogP contribution in [0.4, 0.5) is 5.69 Å². The van der Waals surface area contributed by atoms with Crippen molar-refractivity contribution in [2.24, 2.45) is 5.10 Å². The number of sulfonamides is 1. The number of benzene rings is 3. The number of aromatic nitrogens is 1. The van der Waals surface area contributed by atoms with Crippen LogP contribution in [0, 0.1) is 13.8 Å². The van der Waals surface area contributed by atoms with E-state index in [9.17, 15) is 13.2 Å². The first-order chi connectivity index (χ1) is 20.5. The number of carbonyl (C=O) groups is 1. The molecule has 13 heteroatoms. The van der Waals surface area contributed by atoms with Gasteiger partial charge in [0.05, 0.1) is 38.1 Å². The van der Waals surface area contributed by atoms with Crippen molar-refractivity contribution in [1.29, 1.82) is 0 Å². The molecule has 0 saturated heterocycles. The maximum absolute atomic E-state index is 14.0. The van der Waals surface area contributed by atoms with Gasteiger partial charge in [-0.2, -0.15) is 5.10 Å². The van der Waals surface area contributed by atoms with Crippen LogP contribution >= 0.6 is 27.5 Å². The molecule has 1 N–H and O–H groups in total. The Morgan fingerprint density at radius 3 is 2.26 bits per heavy atom. The number of nitrogens with one attached hydrogen (secondary N) is 1. The second-order valence-electron chi connectivity index (χ2n) is 9.28. The summed E-state index contributed by atoms with van der Waals surface area (Å²) >= 11 is 9.68. The first-order valence-electron chi connectivity index (χ1n) is 12.8. The fraction of sp³-hybridized carbons (Fsp3) is 0.200. The van der Waals surface area contributed by atoms with Gasteiger partial charge in [0.2, 0.25) is 0 Å². The Morgan fingerprint density at radius 1 is 0.953 bits per heavy atom. The minimum atomic E-state index is -4.34. The van der Waals surface area contributed by atoms with E-state index in [0.29, 0.717) is 5.75 Å². The lowest BCUT2D eigenvalue weighted by Gasteiger charge is -2.25. The quantitative estimate of drug-likeness (QED) is 0.156. The number of amides is 1. The summed E-state index contributed by atoms with van der Waals surface area (Å²) < 4.78 is 47.8. The van der Waals surface area contributed by atoms with Gasteiger partial charge < -0.3 is 18.8 Å². The van der Waals surface area contributed by atoms with E-state index in [1.165, 1.54) is 57.9 Å². The Balaban J connectivity index is 1.64. The second-order valence-corrected chi connectivity index (χ2v) is 12.5. The Labute approximate surface area is 264 Å². The lowest BCUT2D eigenvalue weighted by molar-refractivity contribution is -0.119. The number of aryl methyl sites for hydroxylation is 1. The van der Waals surface area contributed by atoms with Gasteiger partial charge in [-0.05, 0) is 74.5 Å². The van der Waals surface area contributed by atoms with Gasteiger partial charge in [0.1, 0.15) is 12.3 Å². The van der Waals surface area contributed by atoms with Crippen LogP contribution in [-0.2, 0) is 14.8 Å². The molecule has 4 aromatic rings. The van der Waals surface area contributed by atoms with Gasteiger partial charge >= 0.3 is 0 Å². The predicted molar refractivity (Wildman–Crippen MR) is 171 cm³/mol. The number of methoxy groups -OCH3 is 3. The number of ether oxygens (including phenoxy) is 3. The number of carbonyl (C=O) groups excluding carboxylic acids is 1. The van der Waals surface area contributed by atoms with E-state index >= 15 is 0 Å². The van der Waals surface area contributed by atoms with Crippen molar-refractivity contribution in [2.45, 2.75) is 18.7 Å². The molecule has 0 aliphatic heterocycles. The zero-order chi connectivity index (χ0) is 31.3. The molecule has 1 heterocycles. The Hall–Kier alpha value is -4.00. The SMILES string of the molecule is COc1ccc(S(=O)(=O)N(CC(=O)N/N=C\c2cc(C)n(-c3ccc(Br)cc3)c2C)c2cc(Cl)ccc2OC)cc1OC. The molecule has 0 radical (unpaired) electrons. The summed E-state index contributed by atoms with van der Waals surface area (Å²) in [6.45, 7) is 3.30. The van der Waals surface area contributed by atoms with Gasteiger partial charge in [0.15, 0.2) is 11.5 Å². The van der Waals surface area contributed by atoms with Crippen molar-refractivity contribution >= 4 is 55.4 Å². The number of anilines is 1. The van der Waals surface area contributed by atoms with Gasteiger partial charge in [-0.25, -0.2) is 13.8 Å². The summed E-state index contributed by atoms with van der Waals surface area (Å²) in [5, 5.41) is 4.37. The Kier molecular flexibility index (Phi) is 10.0. The molecule has 43 heavy (non-hydrogen) atoms. The standard InChI is InChI=1S/C30H30BrClN4O6S/c1-19-14-21(20(2)36(19)24-9-6-22(31)7-10-24)17-33-34-30(37)18-35(26-15-23(32)8-12-27(26)40-3)43(38,39)25-11-13-28(41-4)29(16-25)42-5/h6-17H,18H2,1-5H3,(H,34,37)/b33-17-. The molecule has 1 amide bonds. The topological polar surface area (TPSA) is 111 Å². The summed E-state index contributed by atoms with van der Waals surface area (Å²) in [5.41, 5.74) is 6.17. The molecule has 10 nitrogen and oxygen atoms in total. The highest BCUT2D eigenvalue weighted by Gasteiger charge is 2.30. The monoisotopic (exact) mass is 688 g/mol. The number of hydrogen-bond donors (Lipinski definition) is 1. The highest BCUT2D eigenvalue weighted by atomic mass is 79.9. The fourth-order valence-electron chi connectivity index (χ4n) is 4.51. The van der Waals surface area contributed by atoms with Gasteiger partial charge in [-0.1, -0.05) is 27.5 Å². The maximum atomic E-state index is 14.0. The molecular formula is C30H30BrClN4O6S. The van der Waals surface area contributed by atoms with Crippen LogP contribution in [0.5, 0.6) is 17.2 Å². The van der Waals surface area contributed by atoms with Crippen molar-refractivity contribution in [2.75, 3.05) is 32.2 Å². The van der Waals surface area contributed by atoms with Crippen LogP contribution in [0.1, 0.15) is 17.0 Å². The van der Waals surface area contributed by atoms with Crippen molar-refractivity contribution in [1.82, 2.24) is 9.99 Å². The van der Waals surface area contributed by atoms with Gasteiger partial charge in [-0.3, -0.25) is 9.10 Å². The van der Waals surface area contributed by atoms with Crippen LogP contribution < -0.4 is 23.9 Å². The highest BCUT2D eigenvalue weighted by molar-refractivity contribution is 9.10. The maximum Gasteiger partial charge on any atom is 0.265 e. The summed E-state index contributed by atoms with van der Waals surface area (Å²) in [5.74, 6) is 0.0606. The zero-order valence-electron chi connectivity index (χ0n) is 24.1. The second kappa shape index (κ2) is 13.5. The van der Waals surface area contributed by atoms with E-state index in [2.05, 4.69) is 31.0 Å². The molecule has 0 fully saturated rings. The molecule has 1 aromatic heterocycles. The highest BCUT2D eigenvalue weighted by Crippen LogP contribution is 2.37. The smallest absolute Gasteiger partial charge is 0.265 e. The first-order valence-corrected chi connectivity index (χ1v) is 15.5. The summed E-state index contributed by atoms with van der Waals surface area (Å²) in [4.78, 5) is 13.0. The number of hydrazone groups is 1. The van der Waals surface area contributed by atoms with Crippen molar-refractivity contribution in [3.63, 3.8) is 0 Å². The summed E-state index contributed by atoms with van der Waals surface area (Å²) in [6, 6.07) is 18.5. The van der Waals surface area contributed by atoms with E-state index < -0.39 is 22.5 Å². The minimum absolute atomic E-state index is 0.0713. The molecule has 0 unspecified atom stereocenters. The van der Waals surface area contributed by atoms with Crippen molar-refractivity contribution in [3.05, 3.63) is 93.2 Å². The van der Waals surface area contributed by atoms with Crippen LogP contribution in [0.15, 0.2) is 81.2 Å². The summed E-state index contributed by atoms with van der Waals surface area (Å²) in [7, 11) is -0.105. The third-order valence-corrected chi connectivity index (χ3v) is 9.11. The molecule has 226 valence electrons. The third-order valence-electron chi connectivity index (χ3n) is 6.59. The average Bonchev–Trinajstić information content (AvgIpc) is 3.27. The average molecular weight is 690 g/mol. The molecule has 0 saturated carbocycles. The van der Waals surface area contributed by atoms with E-state index in [4.69, 9.17) is 25.8 Å². The Bertz CT molecular complexity index is 1770. The van der Waals surface area contributed by atoms with Crippen molar-refractivity contribution < 1.29 is 27.4 Å². The normalized spacial score (nSPS) is 11.4. The third kappa shape index (κ3) is 6.98. The van der Waals surface area contributed by atoms with Crippen LogP contribution in [-0.4, -0.2) is 53.0 Å². The molecule has 0 bridgehead atoms. The molecular weight excluding hydrogens is 660 g/mol. The van der Waals surface area contributed by atoms with Crippen LogP contribution in [0.25, 0.3) is 5.69 Å². The van der Waals surface area contributed by atoms with Gasteiger partial charge in [0.25, 0.3) is 15.9 Å². The fourth-order valence-corrected chi connectivity index (χ4v) is 6.38. The number of rotatable bonds is 11. The van der Waals surface area contributed by atoms with E-state index in [0.717, 1.165) is 31.4 Å². The minimum Gasteiger partial charge on any atom is -0.495 e. The zero-order valence-corrected chi connectivity index (χ0v) is 27.2. The molecule has 0 atom stereocenters. The van der Waals surface area contributed by atoms with E-state index in [-0.39, 0.29) is 27.1 Å². The molecule has 4 rings (SSSR count). The molecule has 0 spiro atoms. The predicted octanol–water partition coefficient (Wildman–Crippen LogP) is 5.88. The van der Waals surface area contributed by atoms with Crippen LogP contribution in [0.3, 0.4) is 0 Å². The lowest BCUT2D eigenvalue weighted by Crippen LogP contribution is -2.39. The van der Waals surface area contributed by atoms with Crippen molar-refractivity contribution in [3.8, 4) is 22.9 Å². The Morgan fingerprint density at radius 2 is 1.60 bits per heavy atom. The first kappa shape index (κ1) is 31.9. The lowest BCUT2D eigenvalue weighted by atomic mass is 10.2. The van der Waals surface area contributed by atoms with Crippen LogP contribution in [0.2, 0.25) is 5.02 Å². The number of hydrogen-bond acceptors (Lipinski definition) is 7. The van der Waals surface area contributed by atoms with E-state index in [1.807, 2.05) is 44.2 Å². The summed E-state index contributed by atoms with van der Waals surface area (Å²) in [6.07, 6.45) is 1.52. The molecule has 3 aromatic carbocycles. The van der Waals surface area contributed by atoms with Gasteiger partial charge in [-0.15, -0.1) is 0 Å². The van der Waals surface area contributed by atoms with Gasteiger partial charge in [0, 0.05) is 38.2 Å². The number of nitrogens with zero attached hydrogens (tertiary/aromatic N) is 3.